The van der Waals surface area contributed by atoms with Crippen LogP contribution in [0.25, 0.3) is 0 Å². The molecule has 1 amide bonds. The minimum absolute atomic E-state index is 0.0280. The molecule has 18 heavy (non-hydrogen) atoms. The fourth-order valence-electron chi connectivity index (χ4n) is 1.23. The zero-order chi connectivity index (χ0) is 13.5. The minimum atomic E-state index is -0.350. The van der Waals surface area contributed by atoms with Gasteiger partial charge in [0.2, 0.25) is 5.91 Å². The number of rotatable bonds is 6. The quantitative estimate of drug-likeness (QED) is 0.587. The third-order valence-corrected chi connectivity index (χ3v) is 3.31. The average Bonchev–Trinajstić information content (AvgIpc) is 2.34. The number of amides is 1. The predicted molar refractivity (Wildman–Crippen MR) is 71.4 cm³/mol. The van der Waals surface area contributed by atoms with Gasteiger partial charge in [-0.1, -0.05) is 0 Å². The Hall–Kier alpha value is -1.36. The summed E-state index contributed by atoms with van der Waals surface area (Å²) in [6.07, 6.45) is 0.358. The maximum absolute atomic E-state index is 12.7. The van der Waals surface area contributed by atoms with Crippen molar-refractivity contribution >= 4 is 23.5 Å². The van der Waals surface area contributed by atoms with E-state index in [2.05, 4.69) is 0 Å². The summed E-state index contributed by atoms with van der Waals surface area (Å²) >= 11 is 1.43. The molecule has 0 saturated carbocycles. The van der Waals surface area contributed by atoms with Crippen molar-refractivity contribution in [1.29, 1.82) is 0 Å². The van der Waals surface area contributed by atoms with Gasteiger partial charge in [-0.25, -0.2) is 4.39 Å². The summed E-state index contributed by atoms with van der Waals surface area (Å²) in [5.74, 6) is 0.631. The Labute approximate surface area is 110 Å². The number of halogens is 1. The van der Waals surface area contributed by atoms with Gasteiger partial charge in [-0.05, 0) is 24.3 Å². The summed E-state index contributed by atoms with van der Waals surface area (Å²) in [6.45, 7) is 0. The molecule has 5 heteroatoms. The lowest BCUT2D eigenvalue weighted by Crippen LogP contribution is -2.23. The first-order valence-electron chi connectivity index (χ1n) is 5.57. The number of benzene rings is 1. The van der Waals surface area contributed by atoms with Gasteiger partial charge in [-0.3, -0.25) is 9.59 Å². The summed E-state index contributed by atoms with van der Waals surface area (Å²) in [5, 5.41) is 0. The second kappa shape index (κ2) is 7.16. The average molecular weight is 269 g/mol. The van der Waals surface area contributed by atoms with Gasteiger partial charge in [-0.15, -0.1) is 0 Å². The van der Waals surface area contributed by atoms with E-state index in [1.54, 1.807) is 14.1 Å². The largest absolute Gasteiger partial charge is 0.348 e. The van der Waals surface area contributed by atoms with Crippen LogP contribution >= 0.6 is 11.8 Å². The van der Waals surface area contributed by atoms with Crippen LogP contribution in [0.1, 0.15) is 16.8 Å². The van der Waals surface area contributed by atoms with Crippen molar-refractivity contribution in [2.24, 2.45) is 0 Å². The number of hydrogen-bond acceptors (Lipinski definition) is 3. The highest BCUT2D eigenvalue weighted by atomic mass is 32.2. The lowest BCUT2D eigenvalue weighted by molar-refractivity contribution is -0.125. The molecule has 0 N–H and O–H groups in total. The van der Waals surface area contributed by atoms with Crippen molar-refractivity contribution in [3.05, 3.63) is 35.6 Å². The Morgan fingerprint density at radius 1 is 1.22 bits per heavy atom. The summed E-state index contributed by atoms with van der Waals surface area (Å²) < 4.78 is 12.7. The maximum atomic E-state index is 12.7. The highest BCUT2D eigenvalue weighted by Crippen LogP contribution is 2.09. The maximum Gasteiger partial charge on any atom is 0.232 e. The SMILES string of the molecule is CN(C)C(=O)CSCCC(=O)c1ccc(F)cc1. The fourth-order valence-corrected chi connectivity index (χ4v) is 2.14. The molecule has 0 bridgehead atoms. The van der Waals surface area contributed by atoms with Crippen LogP contribution < -0.4 is 0 Å². The Morgan fingerprint density at radius 2 is 1.83 bits per heavy atom. The third-order valence-electron chi connectivity index (χ3n) is 2.36. The molecule has 0 heterocycles. The van der Waals surface area contributed by atoms with Crippen molar-refractivity contribution < 1.29 is 14.0 Å². The molecule has 3 nitrogen and oxygen atoms in total. The summed E-state index contributed by atoms with van der Waals surface area (Å²) in [6, 6.07) is 5.51. The first-order valence-corrected chi connectivity index (χ1v) is 6.73. The lowest BCUT2D eigenvalue weighted by atomic mass is 10.1. The summed E-state index contributed by atoms with van der Waals surface area (Å²) in [7, 11) is 3.40. The molecule has 0 fully saturated rings. The van der Waals surface area contributed by atoms with E-state index < -0.39 is 0 Å². The molecule has 0 unspecified atom stereocenters. The number of thioether (sulfide) groups is 1. The van der Waals surface area contributed by atoms with Gasteiger partial charge in [-0.2, -0.15) is 11.8 Å². The molecule has 0 radical (unpaired) electrons. The second-order valence-corrected chi connectivity index (χ2v) is 5.13. The Morgan fingerprint density at radius 3 is 2.39 bits per heavy atom. The van der Waals surface area contributed by atoms with Gasteiger partial charge in [0.05, 0.1) is 5.75 Å². The smallest absolute Gasteiger partial charge is 0.232 e. The number of carbonyl (C=O) groups excluding carboxylic acids is 2. The van der Waals surface area contributed by atoms with Gasteiger partial charge in [0, 0.05) is 31.8 Å². The molecular weight excluding hydrogens is 253 g/mol. The van der Waals surface area contributed by atoms with Gasteiger partial charge in [0.1, 0.15) is 5.82 Å². The minimum Gasteiger partial charge on any atom is -0.348 e. The van der Waals surface area contributed by atoms with Crippen molar-refractivity contribution in [3.63, 3.8) is 0 Å². The number of Topliss-reactive ketones (excluding diaryl/α,β-unsaturated/α-hetero) is 1. The van der Waals surface area contributed by atoms with Crippen molar-refractivity contribution in [2.45, 2.75) is 6.42 Å². The molecule has 1 aromatic carbocycles. The molecule has 0 spiro atoms. The van der Waals surface area contributed by atoms with E-state index in [-0.39, 0.29) is 17.5 Å². The van der Waals surface area contributed by atoms with Crippen LogP contribution in [-0.2, 0) is 4.79 Å². The molecule has 0 atom stereocenters. The van der Waals surface area contributed by atoms with Gasteiger partial charge < -0.3 is 4.90 Å². The molecule has 0 saturated heterocycles. The van der Waals surface area contributed by atoms with Crippen LogP contribution in [0.2, 0.25) is 0 Å². The van der Waals surface area contributed by atoms with Gasteiger partial charge in [0.25, 0.3) is 0 Å². The molecule has 0 aromatic heterocycles. The Kier molecular flexibility index (Phi) is 5.85. The van der Waals surface area contributed by atoms with E-state index in [1.807, 2.05) is 0 Å². The molecule has 98 valence electrons. The van der Waals surface area contributed by atoms with Crippen LogP contribution in [0.3, 0.4) is 0 Å². The Bertz CT molecular complexity index is 418. The number of nitrogens with zero attached hydrogens (tertiary/aromatic N) is 1. The van der Waals surface area contributed by atoms with Crippen molar-refractivity contribution in [1.82, 2.24) is 4.90 Å². The first-order chi connectivity index (χ1) is 8.50. The van der Waals surface area contributed by atoms with Crippen molar-refractivity contribution in [2.75, 3.05) is 25.6 Å². The van der Waals surface area contributed by atoms with E-state index in [4.69, 9.17) is 0 Å². The van der Waals surface area contributed by atoms with Crippen LogP contribution in [0, 0.1) is 5.82 Å². The van der Waals surface area contributed by atoms with Crippen LogP contribution in [-0.4, -0.2) is 42.2 Å². The molecule has 1 aromatic rings. The fraction of sp³-hybridized carbons (Fsp3) is 0.385. The number of ketones is 1. The zero-order valence-corrected chi connectivity index (χ0v) is 11.3. The van der Waals surface area contributed by atoms with Crippen molar-refractivity contribution in [3.8, 4) is 0 Å². The zero-order valence-electron chi connectivity index (χ0n) is 10.5. The molecule has 0 aliphatic rings. The predicted octanol–water partition coefficient (Wildman–Crippen LogP) is 2.22. The summed E-state index contributed by atoms with van der Waals surface area (Å²) in [4.78, 5) is 24.5. The molecule has 0 aliphatic carbocycles. The third kappa shape index (κ3) is 4.87. The number of carbonyl (C=O) groups is 2. The summed E-state index contributed by atoms with van der Waals surface area (Å²) in [5.41, 5.74) is 0.510. The van der Waals surface area contributed by atoms with E-state index in [1.165, 1.54) is 40.9 Å². The van der Waals surface area contributed by atoms with E-state index >= 15 is 0 Å². The van der Waals surface area contributed by atoms with Crippen LogP contribution in [0.4, 0.5) is 4.39 Å². The van der Waals surface area contributed by atoms with E-state index in [0.29, 0.717) is 23.5 Å². The number of hydrogen-bond donors (Lipinski definition) is 0. The van der Waals surface area contributed by atoms with Gasteiger partial charge in [0.15, 0.2) is 5.78 Å². The van der Waals surface area contributed by atoms with E-state index in [0.717, 1.165) is 0 Å². The van der Waals surface area contributed by atoms with Gasteiger partial charge >= 0.3 is 0 Å². The standard InChI is InChI=1S/C13H16FNO2S/c1-15(2)13(17)9-18-8-7-12(16)10-3-5-11(14)6-4-10/h3-6H,7-9H2,1-2H3. The lowest BCUT2D eigenvalue weighted by Gasteiger charge is -2.09. The molecule has 0 aliphatic heterocycles. The van der Waals surface area contributed by atoms with E-state index in [9.17, 15) is 14.0 Å². The highest BCUT2D eigenvalue weighted by Gasteiger charge is 2.07. The first kappa shape index (κ1) is 14.7. The second-order valence-electron chi connectivity index (χ2n) is 4.02. The Balaban J connectivity index is 2.29. The molecule has 1 rings (SSSR count). The molecular formula is C13H16FNO2S. The van der Waals surface area contributed by atoms with Crippen LogP contribution in [0.5, 0.6) is 0 Å². The topological polar surface area (TPSA) is 37.4 Å². The monoisotopic (exact) mass is 269 g/mol. The highest BCUT2D eigenvalue weighted by molar-refractivity contribution is 7.99. The van der Waals surface area contributed by atoms with Crippen LogP contribution in [0.15, 0.2) is 24.3 Å². The normalized spacial score (nSPS) is 10.2.